The summed E-state index contributed by atoms with van der Waals surface area (Å²) in [6.45, 7) is 16.1. The largest absolute Gasteiger partial charge is 0.387 e. The number of fused-ring (bicyclic) bond motifs is 12. The second kappa shape index (κ2) is 8.33. The maximum Gasteiger partial charge on any atom is 0.187 e. The van der Waals surface area contributed by atoms with Gasteiger partial charge >= 0.3 is 0 Å². The minimum atomic E-state index is -1.30. The number of benzene rings is 1. The predicted octanol–water partition coefficient (Wildman–Crippen LogP) is 5.52. The van der Waals surface area contributed by atoms with Gasteiger partial charge in [-0.25, -0.2) is 0 Å². The molecule has 7 nitrogen and oxygen atoms in total. The molecule has 2 saturated carbocycles. The first kappa shape index (κ1) is 29.1. The fourth-order valence-corrected chi connectivity index (χ4v) is 11.4. The van der Waals surface area contributed by atoms with Crippen molar-refractivity contribution in [3.8, 4) is 0 Å². The van der Waals surface area contributed by atoms with Gasteiger partial charge in [0.15, 0.2) is 11.6 Å². The number of ether oxygens (including phenoxy) is 2. The summed E-state index contributed by atoms with van der Waals surface area (Å²) in [5.41, 5.74) is 1.87. The Morgan fingerprint density at radius 3 is 2.39 bits per heavy atom. The fourth-order valence-electron chi connectivity index (χ4n) is 11.4. The van der Waals surface area contributed by atoms with E-state index in [-0.39, 0.29) is 28.8 Å². The maximum absolute atomic E-state index is 14.1. The first-order valence-corrected chi connectivity index (χ1v) is 16.6. The number of rotatable bonds is 1. The van der Waals surface area contributed by atoms with Gasteiger partial charge in [-0.3, -0.25) is 9.59 Å². The summed E-state index contributed by atoms with van der Waals surface area (Å²) < 4.78 is 12.8. The van der Waals surface area contributed by atoms with Crippen molar-refractivity contribution in [3.63, 3.8) is 0 Å². The van der Waals surface area contributed by atoms with Crippen molar-refractivity contribution in [1.82, 2.24) is 4.98 Å². The van der Waals surface area contributed by atoms with Crippen LogP contribution in [-0.4, -0.2) is 61.4 Å². The van der Waals surface area contributed by atoms with Gasteiger partial charge < -0.3 is 24.7 Å². The van der Waals surface area contributed by atoms with Crippen LogP contribution in [0.5, 0.6) is 0 Å². The van der Waals surface area contributed by atoms with E-state index in [1.807, 2.05) is 6.07 Å². The monoisotopic (exact) mass is 601 g/mol. The van der Waals surface area contributed by atoms with Crippen molar-refractivity contribution in [2.45, 2.75) is 134 Å². The van der Waals surface area contributed by atoms with Crippen molar-refractivity contribution >= 4 is 22.5 Å². The van der Waals surface area contributed by atoms with Gasteiger partial charge in [-0.2, -0.15) is 0 Å². The number of Topliss-reactive ketones (excluding diaryl/α,β-unsaturated/α-hetero) is 1. The standard InChI is InChI=1S/C37H47NO6/c1-32(2,41)31-25(39)17-22-26(43-31)12-13-35(7)36(8)18(11-14-37(22,35)42)15-21-27-20-16-23-28(34(5,6)44-33(23,3)4)29(40)19(20)9-10-24(27)38-30(21)36/h9-10,17-18,23,26,28,31,38,41-42H,11-16H2,1-8H3/t18?,23-,26?,28+,31+,35-,36-,37-/m1/s1. The molecular formula is C37H47NO6. The van der Waals surface area contributed by atoms with Crippen LogP contribution in [0, 0.1) is 23.2 Å². The lowest BCUT2D eigenvalue weighted by molar-refractivity contribution is -0.195. The fraction of sp³-hybridized carbons (Fsp3) is 0.676. The minimum Gasteiger partial charge on any atom is -0.387 e. The zero-order valence-corrected chi connectivity index (χ0v) is 27.4. The van der Waals surface area contributed by atoms with Crippen LogP contribution in [0.4, 0.5) is 0 Å². The molecule has 1 aromatic heterocycles. The number of hydrogen-bond donors (Lipinski definition) is 3. The smallest absolute Gasteiger partial charge is 0.187 e. The van der Waals surface area contributed by atoms with Gasteiger partial charge in [-0.15, -0.1) is 0 Å². The normalized spacial score (nSPS) is 41.8. The van der Waals surface area contributed by atoms with E-state index in [0.29, 0.717) is 24.3 Å². The van der Waals surface area contributed by atoms with Crippen LogP contribution in [0.3, 0.4) is 0 Å². The molecule has 7 heteroatoms. The van der Waals surface area contributed by atoms with Crippen molar-refractivity contribution in [2.75, 3.05) is 0 Å². The summed E-state index contributed by atoms with van der Waals surface area (Å²) in [4.78, 5) is 31.2. The van der Waals surface area contributed by atoms with Gasteiger partial charge in [-0.1, -0.05) is 13.8 Å². The maximum atomic E-state index is 14.1. The Hall–Kier alpha value is -2.32. The SMILES string of the molecule is CC(C)(O)[C@H]1OC2CC[C@@]3(C)[C@@](O)(CCC4Cc5c([nH]c6ccc7c(c56)C[C@@H]5[C@@H](C7=O)C(C)(C)OC5(C)C)[C@@]43C)C2=CC1=O. The summed E-state index contributed by atoms with van der Waals surface area (Å²) in [6, 6.07) is 4.10. The van der Waals surface area contributed by atoms with E-state index in [1.165, 1.54) is 16.6 Å². The number of aromatic amines is 1. The molecule has 44 heavy (non-hydrogen) atoms. The van der Waals surface area contributed by atoms with Crippen LogP contribution in [0.2, 0.25) is 0 Å². The summed E-state index contributed by atoms with van der Waals surface area (Å²) in [5, 5.41) is 24.6. The molecule has 1 saturated heterocycles. The topological polar surface area (TPSA) is 109 Å². The number of aromatic nitrogens is 1. The van der Waals surface area contributed by atoms with Gasteiger partial charge in [-0.05, 0) is 121 Å². The lowest BCUT2D eigenvalue weighted by Crippen LogP contribution is -2.68. The van der Waals surface area contributed by atoms with Gasteiger partial charge in [0.25, 0.3) is 0 Å². The Kier molecular flexibility index (Phi) is 5.51. The van der Waals surface area contributed by atoms with Gasteiger partial charge in [0, 0.05) is 38.9 Å². The van der Waals surface area contributed by atoms with Crippen LogP contribution in [0.25, 0.3) is 10.9 Å². The van der Waals surface area contributed by atoms with E-state index >= 15 is 0 Å². The lowest BCUT2D eigenvalue weighted by Gasteiger charge is -2.64. The average molecular weight is 602 g/mol. The Labute approximate surface area is 259 Å². The Bertz CT molecular complexity index is 1690. The number of carbonyl (C=O) groups is 2. The Morgan fingerprint density at radius 1 is 0.955 bits per heavy atom. The molecule has 6 aliphatic rings. The van der Waals surface area contributed by atoms with Crippen molar-refractivity contribution in [2.24, 2.45) is 23.2 Å². The number of aliphatic hydroxyl groups is 2. The number of carbonyl (C=O) groups excluding carboxylic acids is 2. The third kappa shape index (κ3) is 3.27. The Morgan fingerprint density at radius 2 is 1.68 bits per heavy atom. The minimum absolute atomic E-state index is 0.106. The van der Waals surface area contributed by atoms with Crippen molar-refractivity contribution in [3.05, 3.63) is 46.2 Å². The number of hydrogen-bond acceptors (Lipinski definition) is 6. The van der Waals surface area contributed by atoms with Gasteiger partial charge in [0.1, 0.15) is 6.10 Å². The molecule has 1 aromatic carbocycles. The molecule has 3 fully saturated rings. The lowest BCUT2D eigenvalue weighted by atomic mass is 9.42. The van der Waals surface area contributed by atoms with Crippen LogP contribution < -0.4 is 0 Å². The molecule has 0 bridgehead atoms. The molecule has 8 rings (SSSR count). The predicted molar refractivity (Wildman–Crippen MR) is 167 cm³/mol. The number of H-pyrrole nitrogens is 1. The zero-order chi connectivity index (χ0) is 31.6. The third-order valence-electron chi connectivity index (χ3n) is 13.6. The summed E-state index contributed by atoms with van der Waals surface area (Å²) in [6.07, 6.45) is 4.80. The molecule has 0 radical (unpaired) electrons. The van der Waals surface area contributed by atoms with Gasteiger partial charge in [0.2, 0.25) is 0 Å². The van der Waals surface area contributed by atoms with E-state index in [1.54, 1.807) is 19.9 Å². The van der Waals surface area contributed by atoms with Crippen molar-refractivity contribution < 1.29 is 29.3 Å². The number of ketones is 2. The van der Waals surface area contributed by atoms with Crippen LogP contribution in [0.1, 0.15) is 108 Å². The van der Waals surface area contributed by atoms with Crippen molar-refractivity contribution in [1.29, 1.82) is 0 Å². The number of nitrogens with one attached hydrogen (secondary N) is 1. The third-order valence-corrected chi connectivity index (χ3v) is 13.6. The van der Waals surface area contributed by atoms with Crippen LogP contribution in [0.15, 0.2) is 23.8 Å². The molecule has 8 atom stereocenters. The highest BCUT2D eigenvalue weighted by Gasteiger charge is 2.70. The molecule has 2 aromatic rings. The summed E-state index contributed by atoms with van der Waals surface area (Å²) in [5.74, 6) is 0.192. The van der Waals surface area contributed by atoms with Crippen LogP contribution >= 0.6 is 0 Å². The van der Waals surface area contributed by atoms with E-state index in [9.17, 15) is 19.8 Å². The first-order valence-electron chi connectivity index (χ1n) is 16.6. The van der Waals surface area contributed by atoms with E-state index < -0.39 is 40.0 Å². The highest BCUT2D eigenvalue weighted by molar-refractivity contribution is 6.06. The highest BCUT2D eigenvalue weighted by Crippen LogP contribution is 2.69. The molecular weight excluding hydrogens is 554 g/mol. The molecule has 3 heterocycles. The molecule has 2 unspecified atom stereocenters. The second-order valence-corrected chi connectivity index (χ2v) is 17.0. The molecule has 0 amide bonds. The zero-order valence-electron chi connectivity index (χ0n) is 27.4. The second-order valence-electron chi connectivity index (χ2n) is 17.0. The highest BCUT2D eigenvalue weighted by atomic mass is 16.5. The average Bonchev–Trinajstić information content (AvgIpc) is 3.49. The van der Waals surface area contributed by atoms with E-state index in [4.69, 9.17) is 9.47 Å². The summed E-state index contributed by atoms with van der Waals surface area (Å²) in [7, 11) is 0. The Balaban J connectivity index is 1.26. The quantitative estimate of drug-likeness (QED) is 0.398. The molecule has 0 spiro atoms. The van der Waals surface area contributed by atoms with E-state index in [0.717, 1.165) is 42.3 Å². The molecule has 2 aliphatic heterocycles. The van der Waals surface area contributed by atoms with Crippen LogP contribution in [-0.2, 0) is 32.5 Å². The molecule has 3 N–H and O–H groups in total. The van der Waals surface area contributed by atoms with E-state index in [2.05, 4.69) is 52.6 Å². The van der Waals surface area contributed by atoms with Gasteiger partial charge in [0.05, 0.1) is 34.4 Å². The molecule has 236 valence electrons. The first-order chi connectivity index (χ1) is 20.3. The summed E-state index contributed by atoms with van der Waals surface area (Å²) >= 11 is 0. The molecule has 4 aliphatic carbocycles.